The summed E-state index contributed by atoms with van der Waals surface area (Å²) in [5.41, 5.74) is 0. The summed E-state index contributed by atoms with van der Waals surface area (Å²) in [5.74, 6) is 1.16. The first-order chi connectivity index (χ1) is 9.68. The number of carbonyl (C=O) groups is 1. The fourth-order valence-electron chi connectivity index (χ4n) is 2.58. The van der Waals surface area contributed by atoms with Crippen molar-refractivity contribution in [1.82, 2.24) is 4.90 Å². The maximum atomic E-state index is 12.0. The molecule has 0 saturated carbocycles. The Kier molecular flexibility index (Phi) is 5.77. The molecule has 110 valence electrons. The first-order valence-corrected chi connectivity index (χ1v) is 8.72. The quantitative estimate of drug-likeness (QED) is 0.756. The Balaban J connectivity index is 1.69. The summed E-state index contributed by atoms with van der Waals surface area (Å²) in [7, 11) is -0.909. The van der Waals surface area contributed by atoms with E-state index in [1.165, 1.54) is 0 Å². The molecular weight excluding hydrogens is 270 g/mol. The zero-order valence-corrected chi connectivity index (χ0v) is 12.9. The lowest BCUT2D eigenvalue weighted by atomic mass is 9.99. The Morgan fingerprint density at radius 1 is 1.25 bits per heavy atom. The molecule has 1 aliphatic rings. The highest BCUT2D eigenvalue weighted by Gasteiger charge is 2.24. The number of unbranched alkanes of at least 4 members (excludes halogenated alkanes) is 1. The third kappa shape index (κ3) is 4.17. The number of amides is 1. The average Bonchev–Trinajstić information content (AvgIpc) is 2.48. The van der Waals surface area contributed by atoms with Crippen molar-refractivity contribution in [1.29, 1.82) is 0 Å². The maximum absolute atomic E-state index is 12.0. The van der Waals surface area contributed by atoms with Gasteiger partial charge >= 0.3 is 0 Å². The van der Waals surface area contributed by atoms with Crippen LogP contribution in [0.5, 0.6) is 0 Å². The molecule has 2 atom stereocenters. The van der Waals surface area contributed by atoms with Gasteiger partial charge < -0.3 is 4.90 Å². The van der Waals surface area contributed by atoms with Crippen LogP contribution in [0.1, 0.15) is 32.6 Å². The average molecular weight is 293 g/mol. The molecule has 1 saturated heterocycles. The van der Waals surface area contributed by atoms with E-state index in [0.717, 1.165) is 43.7 Å². The molecule has 2 rings (SSSR count). The number of hydrogen-bond acceptors (Lipinski definition) is 2. The second-order valence-corrected chi connectivity index (χ2v) is 7.01. The highest BCUT2D eigenvalue weighted by Crippen LogP contribution is 2.17. The summed E-state index contributed by atoms with van der Waals surface area (Å²) < 4.78 is 12.0. The van der Waals surface area contributed by atoms with Crippen LogP contribution in [0.15, 0.2) is 35.2 Å². The molecule has 4 heteroatoms. The molecule has 1 aromatic rings. The number of benzene rings is 1. The van der Waals surface area contributed by atoms with E-state index in [9.17, 15) is 9.00 Å². The SMILES string of the molecule is CC1CCCN(CCCCS(=O)c2ccccc2)C1=O. The Labute approximate surface area is 123 Å². The normalized spacial score (nSPS) is 20.9. The number of piperidine rings is 1. The first kappa shape index (κ1) is 15.2. The van der Waals surface area contributed by atoms with E-state index < -0.39 is 10.8 Å². The summed E-state index contributed by atoms with van der Waals surface area (Å²) in [6.07, 6.45) is 3.98. The van der Waals surface area contributed by atoms with Crippen LogP contribution in [0.4, 0.5) is 0 Å². The van der Waals surface area contributed by atoms with Crippen LogP contribution in [0.3, 0.4) is 0 Å². The van der Waals surface area contributed by atoms with Crippen molar-refractivity contribution >= 4 is 16.7 Å². The minimum absolute atomic E-state index is 0.183. The summed E-state index contributed by atoms with van der Waals surface area (Å²) >= 11 is 0. The summed E-state index contributed by atoms with van der Waals surface area (Å²) in [6.45, 7) is 3.72. The largest absolute Gasteiger partial charge is 0.342 e. The topological polar surface area (TPSA) is 37.4 Å². The summed E-state index contributed by atoms with van der Waals surface area (Å²) in [4.78, 5) is 14.8. The van der Waals surface area contributed by atoms with Gasteiger partial charge in [-0.3, -0.25) is 9.00 Å². The molecule has 1 fully saturated rings. The van der Waals surface area contributed by atoms with Crippen molar-refractivity contribution < 1.29 is 9.00 Å². The number of nitrogens with zero attached hydrogens (tertiary/aromatic N) is 1. The smallest absolute Gasteiger partial charge is 0.225 e. The molecule has 0 bridgehead atoms. The molecule has 1 aliphatic heterocycles. The third-order valence-corrected chi connectivity index (χ3v) is 5.27. The number of carbonyl (C=O) groups excluding carboxylic acids is 1. The van der Waals surface area contributed by atoms with Crippen LogP contribution in [-0.2, 0) is 15.6 Å². The van der Waals surface area contributed by atoms with E-state index in [4.69, 9.17) is 0 Å². The van der Waals surface area contributed by atoms with Gasteiger partial charge in [0.15, 0.2) is 0 Å². The molecule has 1 heterocycles. The second-order valence-electron chi connectivity index (χ2n) is 5.44. The summed E-state index contributed by atoms with van der Waals surface area (Å²) in [6, 6.07) is 9.59. The maximum Gasteiger partial charge on any atom is 0.225 e. The Bertz CT molecular complexity index is 461. The molecule has 0 spiro atoms. The molecular formula is C16H23NO2S. The van der Waals surface area contributed by atoms with Crippen molar-refractivity contribution in [2.24, 2.45) is 5.92 Å². The van der Waals surface area contributed by atoms with Gasteiger partial charge in [0.05, 0.1) is 10.8 Å². The fraction of sp³-hybridized carbons (Fsp3) is 0.562. The molecule has 1 aromatic carbocycles. The minimum Gasteiger partial charge on any atom is -0.342 e. The van der Waals surface area contributed by atoms with Crippen molar-refractivity contribution in [3.8, 4) is 0 Å². The lowest BCUT2D eigenvalue weighted by Crippen LogP contribution is -2.40. The molecule has 0 aliphatic carbocycles. The standard InChI is InChI=1S/C16H23NO2S/c1-14-8-7-12-17(16(14)18)11-5-6-13-20(19)15-9-3-2-4-10-15/h2-4,9-10,14H,5-8,11-13H2,1H3. The monoisotopic (exact) mass is 293 g/mol. The van der Waals surface area contributed by atoms with E-state index >= 15 is 0 Å². The molecule has 1 amide bonds. The highest BCUT2D eigenvalue weighted by molar-refractivity contribution is 7.85. The van der Waals surface area contributed by atoms with Gasteiger partial charge in [-0.1, -0.05) is 25.1 Å². The van der Waals surface area contributed by atoms with Gasteiger partial charge in [0.2, 0.25) is 5.91 Å². The van der Waals surface area contributed by atoms with Crippen molar-refractivity contribution in [2.45, 2.75) is 37.5 Å². The molecule has 2 unspecified atom stereocenters. The Hall–Kier alpha value is -1.16. The first-order valence-electron chi connectivity index (χ1n) is 7.40. The van der Waals surface area contributed by atoms with Gasteiger partial charge in [0.25, 0.3) is 0 Å². The van der Waals surface area contributed by atoms with E-state index in [1.54, 1.807) is 0 Å². The highest BCUT2D eigenvalue weighted by atomic mass is 32.2. The van der Waals surface area contributed by atoms with Gasteiger partial charge in [-0.2, -0.15) is 0 Å². The predicted molar refractivity (Wildman–Crippen MR) is 81.9 cm³/mol. The van der Waals surface area contributed by atoms with Crippen LogP contribution >= 0.6 is 0 Å². The minimum atomic E-state index is -0.909. The third-order valence-electron chi connectivity index (χ3n) is 3.81. The van der Waals surface area contributed by atoms with Gasteiger partial charge in [-0.05, 0) is 37.8 Å². The van der Waals surface area contributed by atoms with Crippen LogP contribution in [0.25, 0.3) is 0 Å². The van der Waals surface area contributed by atoms with Gasteiger partial charge in [-0.15, -0.1) is 0 Å². The number of likely N-dealkylation sites (tertiary alicyclic amines) is 1. The Morgan fingerprint density at radius 3 is 2.75 bits per heavy atom. The van der Waals surface area contributed by atoms with Gasteiger partial charge in [0.1, 0.15) is 0 Å². The fourth-order valence-corrected chi connectivity index (χ4v) is 3.74. The molecule has 3 nitrogen and oxygen atoms in total. The van der Waals surface area contributed by atoms with E-state index in [2.05, 4.69) is 0 Å². The lowest BCUT2D eigenvalue weighted by Gasteiger charge is -2.30. The number of hydrogen-bond donors (Lipinski definition) is 0. The van der Waals surface area contributed by atoms with Crippen molar-refractivity contribution in [2.75, 3.05) is 18.8 Å². The van der Waals surface area contributed by atoms with Crippen molar-refractivity contribution in [3.05, 3.63) is 30.3 Å². The van der Waals surface area contributed by atoms with Crippen LogP contribution in [-0.4, -0.2) is 33.9 Å². The lowest BCUT2D eigenvalue weighted by molar-refractivity contribution is -0.137. The predicted octanol–water partition coefficient (Wildman–Crippen LogP) is 2.83. The van der Waals surface area contributed by atoms with Gasteiger partial charge in [0, 0.05) is 29.7 Å². The number of rotatable bonds is 6. The Morgan fingerprint density at radius 2 is 2.00 bits per heavy atom. The van der Waals surface area contributed by atoms with Gasteiger partial charge in [-0.25, -0.2) is 0 Å². The van der Waals surface area contributed by atoms with Crippen LogP contribution < -0.4 is 0 Å². The zero-order chi connectivity index (χ0) is 14.4. The van der Waals surface area contributed by atoms with E-state index in [1.807, 2.05) is 42.2 Å². The van der Waals surface area contributed by atoms with Crippen LogP contribution in [0, 0.1) is 5.92 Å². The van der Waals surface area contributed by atoms with Crippen LogP contribution in [0.2, 0.25) is 0 Å². The second kappa shape index (κ2) is 7.58. The van der Waals surface area contributed by atoms with E-state index in [0.29, 0.717) is 11.7 Å². The zero-order valence-electron chi connectivity index (χ0n) is 12.1. The summed E-state index contributed by atoms with van der Waals surface area (Å²) in [5, 5.41) is 0. The van der Waals surface area contributed by atoms with E-state index in [-0.39, 0.29) is 5.92 Å². The molecule has 20 heavy (non-hydrogen) atoms. The molecule has 0 aromatic heterocycles. The molecule has 0 N–H and O–H groups in total. The molecule has 0 radical (unpaired) electrons. The van der Waals surface area contributed by atoms with Crippen molar-refractivity contribution in [3.63, 3.8) is 0 Å².